The van der Waals surface area contributed by atoms with E-state index in [0.29, 0.717) is 24.6 Å². The third-order valence-corrected chi connectivity index (χ3v) is 5.62. The van der Waals surface area contributed by atoms with Crippen LogP contribution in [0.15, 0.2) is 84.9 Å². The molecule has 3 aromatic carbocycles. The van der Waals surface area contributed by atoms with Crippen molar-refractivity contribution in [1.29, 1.82) is 0 Å². The molecule has 0 aromatic heterocycles. The number of nitrogens with one attached hydrogen (secondary N) is 1. The van der Waals surface area contributed by atoms with Gasteiger partial charge in [0.25, 0.3) is 5.91 Å². The van der Waals surface area contributed by atoms with E-state index in [9.17, 15) is 9.59 Å². The Balaban J connectivity index is 1.81. The Morgan fingerprint density at radius 1 is 0.848 bits per heavy atom. The summed E-state index contributed by atoms with van der Waals surface area (Å²) < 4.78 is 5.81. The molecular formula is C28H32N2O3. The maximum Gasteiger partial charge on any atom is 0.261 e. The van der Waals surface area contributed by atoms with Crippen LogP contribution in [-0.4, -0.2) is 36.4 Å². The van der Waals surface area contributed by atoms with Crippen LogP contribution >= 0.6 is 0 Å². The maximum absolute atomic E-state index is 13.4. The zero-order valence-electron chi connectivity index (χ0n) is 19.5. The van der Waals surface area contributed by atoms with Crippen molar-refractivity contribution in [1.82, 2.24) is 10.2 Å². The van der Waals surface area contributed by atoms with Crippen molar-refractivity contribution in [3.8, 4) is 5.75 Å². The lowest BCUT2D eigenvalue weighted by Gasteiger charge is -2.31. The largest absolute Gasteiger partial charge is 0.484 e. The predicted molar refractivity (Wildman–Crippen MR) is 131 cm³/mol. The van der Waals surface area contributed by atoms with Gasteiger partial charge >= 0.3 is 0 Å². The van der Waals surface area contributed by atoms with Gasteiger partial charge in [0.2, 0.25) is 5.91 Å². The minimum Gasteiger partial charge on any atom is -0.484 e. The number of benzene rings is 3. The van der Waals surface area contributed by atoms with E-state index in [0.717, 1.165) is 11.1 Å². The first-order chi connectivity index (χ1) is 16.0. The molecule has 33 heavy (non-hydrogen) atoms. The average molecular weight is 445 g/mol. The lowest BCUT2D eigenvalue weighted by atomic mass is 10.0. The van der Waals surface area contributed by atoms with Crippen LogP contribution in [0.5, 0.6) is 5.75 Å². The highest BCUT2D eigenvalue weighted by Crippen LogP contribution is 2.19. The Morgan fingerprint density at radius 2 is 1.42 bits per heavy atom. The molecule has 1 atom stereocenters. The quantitative estimate of drug-likeness (QED) is 0.498. The lowest BCUT2D eigenvalue weighted by Crippen LogP contribution is -2.51. The van der Waals surface area contributed by atoms with Crippen molar-refractivity contribution < 1.29 is 14.3 Å². The average Bonchev–Trinajstić information content (AvgIpc) is 2.85. The highest BCUT2D eigenvalue weighted by atomic mass is 16.5. The molecule has 0 aliphatic rings. The molecular weight excluding hydrogens is 412 g/mol. The molecule has 0 heterocycles. The van der Waals surface area contributed by atoms with Gasteiger partial charge in [-0.2, -0.15) is 0 Å². The number of amides is 2. The zero-order valence-corrected chi connectivity index (χ0v) is 19.5. The third kappa shape index (κ3) is 6.94. The SMILES string of the molecule is CNC(=O)C(Cc1ccccc1)N(Cc1ccccc1)C(=O)COc1ccc(C(C)C)cc1. The van der Waals surface area contributed by atoms with E-state index in [2.05, 4.69) is 19.2 Å². The number of hydrogen-bond donors (Lipinski definition) is 1. The molecule has 0 aliphatic heterocycles. The van der Waals surface area contributed by atoms with Gasteiger partial charge in [0.1, 0.15) is 11.8 Å². The minimum absolute atomic E-state index is 0.143. The first kappa shape index (κ1) is 24.1. The number of ether oxygens (including phenoxy) is 1. The molecule has 172 valence electrons. The van der Waals surface area contributed by atoms with Crippen LogP contribution in [-0.2, 0) is 22.6 Å². The van der Waals surface area contributed by atoms with Crippen LogP contribution in [0.1, 0.15) is 36.5 Å². The smallest absolute Gasteiger partial charge is 0.261 e. The molecule has 0 radical (unpaired) electrons. The zero-order chi connectivity index (χ0) is 23.6. The number of rotatable bonds is 10. The fourth-order valence-corrected chi connectivity index (χ4v) is 3.68. The van der Waals surface area contributed by atoms with Gasteiger partial charge in [-0.1, -0.05) is 86.6 Å². The lowest BCUT2D eigenvalue weighted by molar-refractivity contribution is -0.142. The molecule has 0 saturated heterocycles. The minimum atomic E-state index is -0.656. The van der Waals surface area contributed by atoms with Crippen molar-refractivity contribution >= 4 is 11.8 Å². The predicted octanol–water partition coefficient (Wildman–Crippen LogP) is 4.57. The van der Waals surface area contributed by atoms with E-state index in [1.807, 2.05) is 84.9 Å². The highest BCUT2D eigenvalue weighted by molar-refractivity contribution is 5.88. The van der Waals surface area contributed by atoms with Gasteiger partial charge in [-0.15, -0.1) is 0 Å². The second-order valence-electron chi connectivity index (χ2n) is 8.34. The van der Waals surface area contributed by atoms with Gasteiger partial charge in [-0.05, 0) is 34.7 Å². The van der Waals surface area contributed by atoms with E-state index in [4.69, 9.17) is 4.74 Å². The van der Waals surface area contributed by atoms with Crippen LogP contribution in [0.2, 0.25) is 0 Å². The van der Waals surface area contributed by atoms with Gasteiger partial charge in [0.05, 0.1) is 0 Å². The summed E-state index contributed by atoms with van der Waals surface area (Å²) >= 11 is 0. The summed E-state index contributed by atoms with van der Waals surface area (Å²) in [5, 5.41) is 2.72. The summed E-state index contributed by atoms with van der Waals surface area (Å²) in [6.45, 7) is 4.44. The van der Waals surface area contributed by atoms with Crippen molar-refractivity contribution in [3.05, 3.63) is 102 Å². The second kappa shape index (κ2) is 11.9. The standard InChI is InChI=1S/C28H32N2O3/c1-21(2)24-14-16-25(17-15-24)33-20-27(31)30(19-23-12-8-5-9-13-23)26(28(32)29-3)18-22-10-6-4-7-11-22/h4-17,21,26H,18-20H2,1-3H3,(H,29,32). The Kier molecular flexibility index (Phi) is 8.64. The molecule has 5 heteroatoms. The van der Waals surface area contributed by atoms with E-state index < -0.39 is 6.04 Å². The van der Waals surface area contributed by atoms with Crippen LogP contribution in [0.3, 0.4) is 0 Å². The monoisotopic (exact) mass is 444 g/mol. The maximum atomic E-state index is 13.4. The Morgan fingerprint density at radius 3 is 1.97 bits per heavy atom. The van der Waals surface area contributed by atoms with E-state index >= 15 is 0 Å². The Labute approximate surface area is 196 Å². The molecule has 0 aliphatic carbocycles. The highest BCUT2D eigenvalue weighted by Gasteiger charge is 2.30. The first-order valence-corrected chi connectivity index (χ1v) is 11.3. The molecule has 0 saturated carbocycles. The molecule has 1 N–H and O–H groups in total. The number of nitrogens with zero attached hydrogens (tertiary/aromatic N) is 1. The number of carbonyl (C=O) groups is 2. The van der Waals surface area contributed by atoms with Gasteiger partial charge in [0, 0.05) is 20.0 Å². The van der Waals surface area contributed by atoms with Crippen molar-refractivity contribution in [2.45, 2.75) is 38.8 Å². The summed E-state index contributed by atoms with van der Waals surface area (Å²) in [5.74, 6) is 0.612. The van der Waals surface area contributed by atoms with E-state index in [-0.39, 0.29) is 18.4 Å². The van der Waals surface area contributed by atoms with E-state index in [1.165, 1.54) is 5.56 Å². The summed E-state index contributed by atoms with van der Waals surface area (Å²) in [6.07, 6.45) is 0.419. The molecule has 5 nitrogen and oxygen atoms in total. The van der Waals surface area contributed by atoms with Crippen LogP contribution in [0, 0.1) is 0 Å². The van der Waals surface area contributed by atoms with Crippen LogP contribution in [0.25, 0.3) is 0 Å². The van der Waals surface area contributed by atoms with Crippen molar-refractivity contribution in [2.24, 2.45) is 0 Å². The molecule has 0 fully saturated rings. The molecule has 1 unspecified atom stereocenters. The van der Waals surface area contributed by atoms with Gasteiger partial charge < -0.3 is 15.0 Å². The number of carbonyl (C=O) groups excluding carboxylic acids is 2. The normalized spacial score (nSPS) is 11.6. The topological polar surface area (TPSA) is 58.6 Å². The summed E-state index contributed by atoms with van der Waals surface area (Å²) in [4.78, 5) is 27.9. The fourth-order valence-electron chi connectivity index (χ4n) is 3.68. The Bertz CT molecular complexity index is 1020. The van der Waals surface area contributed by atoms with Crippen LogP contribution in [0.4, 0.5) is 0 Å². The van der Waals surface area contributed by atoms with Crippen molar-refractivity contribution in [3.63, 3.8) is 0 Å². The molecule has 0 bridgehead atoms. The third-order valence-electron chi connectivity index (χ3n) is 5.62. The van der Waals surface area contributed by atoms with Gasteiger partial charge in [0.15, 0.2) is 6.61 Å². The molecule has 2 amide bonds. The van der Waals surface area contributed by atoms with Crippen molar-refractivity contribution in [2.75, 3.05) is 13.7 Å². The summed E-state index contributed by atoms with van der Waals surface area (Å²) in [5.41, 5.74) is 3.15. The van der Waals surface area contributed by atoms with Gasteiger partial charge in [-0.3, -0.25) is 9.59 Å². The first-order valence-electron chi connectivity index (χ1n) is 11.3. The summed E-state index contributed by atoms with van der Waals surface area (Å²) in [7, 11) is 1.60. The fraction of sp³-hybridized carbons (Fsp3) is 0.286. The second-order valence-corrected chi connectivity index (χ2v) is 8.34. The van der Waals surface area contributed by atoms with Gasteiger partial charge in [-0.25, -0.2) is 0 Å². The molecule has 3 rings (SSSR count). The Hall–Kier alpha value is -3.60. The van der Waals surface area contributed by atoms with E-state index in [1.54, 1.807) is 11.9 Å². The molecule has 0 spiro atoms. The summed E-state index contributed by atoms with van der Waals surface area (Å²) in [6, 6.07) is 26.5. The number of hydrogen-bond acceptors (Lipinski definition) is 3. The molecule has 3 aromatic rings. The number of likely N-dealkylation sites (N-methyl/N-ethyl adjacent to an activating group) is 1. The van der Waals surface area contributed by atoms with Crippen LogP contribution < -0.4 is 10.1 Å².